The van der Waals surface area contributed by atoms with Gasteiger partial charge < -0.3 is 25.3 Å². The SMILES string of the molecule is C=CC(=O)N1CCCC(Nc2nc(Nc3cnn(CCN4CCOCC4)c3)nc3[nH]cc(Cl)c23)C1. The Hall–Kier alpha value is -3.15. The summed E-state index contributed by atoms with van der Waals surface area (Å²) < 4.78 is 7.32. The normalized spacial score (nSPS) is 19.1. The molecular weight excluding hydrogens is 470 g/mol. The van der Waals surface area contributed by atoms with Crippen LogP contribution in [0.5, 0.6) is 0 Å². The van der Waals surface area contributed by atoms with Gasteiger partial charge in [0.15, 0.2) is 0 Å². The van der Waals surface area contributed by atoms with Crippen LogP contribution >= 0.6 is 11.6 Å². The van der Waals surface area contributed by atoms with E-state index in [-0.39, 0.29) is 11.9 Å². The minimum Gasteiger partial charge on any atom is -0.379 e. The van der Waals surface area contributed by atoms with Crippen molar-refractivity contribution in [3.8, 4) is 0 Å². The smallest absolute Gasteiger partial charge is 0.246 e. The van der Waals surface area contributed by atoms with E-state index in [0.29, 0.717) is 29.0 Å². The van der Waals surface area contributed by atoms with Gasteiger partial charge in [0, 0.05) is 51.2 Å². The van der Waals surface area contributed by atoms with Gasteiger partial charge in [-0.2, -0.15) is 15.1 Å². The summed E-state index contributed by atoms with van der Waals surface area (Å²) in [6, 6.07) is 0.0486. The molecule has 3 N–H and O–H groups in total. The number of aromatic nitrogens is 5. The number of H-pyrrole nitrogens is 1. The molecule has 11 nitrogen and oxygen atoms in total. The van der Waals surface area contributed by atoms with E-state index in [2.05, 4.69) is 37.2 Å². The van der Waals surface area contributed by atoms with Crippen LogP contribution in [0.2, 0.25) is 5.02 Å². The number of rotatable bonds is 8. The molecule has 0 aliphatic carbocycles. The number of nitrogens with one attached hydrogen (secondary N) is 3. The van der Waals surface area contributed by atoms with Gasteiger partial charge in [-0.1, -0.05) is 18.2 Å². The molecule has 2 aliphatic rings. The minimum atomic E-state index is -0.0583. The number of anilines is 3. The number of amides is 1. The van der Waals surface area contributed by atoms with Gasteiger partial charge in [-0.25, -0.2) is 0 Å². The molecule has 2 saturated heterocycles. The fraction of sp³-hybridized carbons (Fsp3) is 0.478. The second-order valence-electron chi connectivity index (χ2n) is 8.80. The first kappa shape index (κ1) is 23.6. The highest BCUT2D eigenvalue weighted by Crippen LogP contribution is 2.31. The summed E-state index contributed by atoms with van der Waals surface area (Å²) in [7, 11) is 0. The highest BCUT2D eigenvalue weighted by Gasteiger charge is 2.24. The first-order valence-corrected chi connectivity index (χ1v) is 12.3. The number of carbonyl (C=O) groups excluding carboxylic acids is 1. The molecule has 1 atom stereocenters. The number of likely N-dealkylation sites (tertiary alicyclic amines) is 1. The van der Waals surface area contributed by atoms with Crippen LogP contribution in [0.25, 0.3) is 11.0 Å². The van der Waals surface area contributed by atoms with Crippen LogP contribution in [0.4, 0.5) is 17.5 Å². The van der Waals surface area contributed by atoms with Crippen molar-refractivity contribution in [2.45, 2.75) is 25.4 Å². The Balaban J connectivity index is 1.29. The number of fused-ring (bicyclic) bond motifs is 1. The average molecular weight is 500 g/mol. The summed E-state index contributed by atoms with van der Waals surface area (Å²) in [6.07, 6.45) is 8.60. The van der Waals surface area contributed by atoms with E-state index in [0.717, 1.165) is 69.9 Å². The zero-order valence-electron chi connectivity index (χ0n) is 19.5. The molecule has 0 bridgehead atoms. The number of nitrogens with zero attached hydrogens (tertiary/aromatic N) is 6. The summed E-state index contributed by atoms with van der Waals surface area (Å²) in [4.78, 5) is 28.7. The molecule has 0 spiro atoms. The highest BCUT2D eigenvalue weighted by molar-refractivity contribution is 6.36. The van der Waals surface area contributed by atoms with Crippen LogP contribution in [0.3, 0.4) is 0 Å². The van der Waals surface area contributed by atoms with Crippen LogP contribution in [-0.2, 0) is 16.1 Å². The molecule has 35 heavy (non-hydrogen) atoms. The lowest BCUT2D eigenvalue weighted by molar-refractivity contribution is -0.127. The lowest BCUT2D eigenvalue weighted by atomic mass is 10.1. The number of morpholine rings is 1. The zero-order valence-corrected chi connectivity index (χ0v) is 20.3. The quantitative estimate of drug-likeness (QED) is 0.405. The van der Waals surface area contributed by atoms with Gasteiger partial charge in [0.25, 0.3) is 0 Å². The van der Waals surface area contributed by atoms with Gasteiger partial charge in [0.1, 0.15) is 11.5 Å². The van der Waals surface area contributed by atoms with E-state index in [1.165, 1.54) is 6.08 Å². The second-order valence-corrected chi connectivity index (χ2v) is 9.21. The van der Waals surface area contributed by atoms with Crippen LogP contribution in [-0.4, -0.2) is 92.4 Å². The Morgan fingerprint density at radius 2 is 2.14 bits per heavy atom. The molecular formula is C23H30ClN9O2. The first-order chi connectivity index (χ1) is 17.1. The molecule has 0 aromatic carbocycles. The molecule has 2 aliphatic heterocycles. The second kappa shape index (κ2) is 10.6. The van der Waals surface area contributed by atoms with Crippen molar-refractivity contribution in [1.29, 1.82) is 0 Å². The topological polar surface area (TPSA) is 116 Å². The van der Waals surface area contributed by atoms with Gasteiger partial charge in [-0.15, -0.1) is 0 Å². The van der Waals surface area contributed by atoms with E-state index in [4.69, 9.17) is 21.3 Å². The van der Waals surface area contributed by atoms with Crippen LogP contribution in [0.1, 0.15) is 12.8 Å². The number of hydrogen-bond acceptors (Lipinski definition) is 8. The van der Waals surface area contributed by atoms with Crippen LogP contribution in [0, 0.1) is 0 Å². The van der Waals surface area contributed by atoms with Crippen molar-refractivity contribution in [2.75, 3.05) is 56.6 Å². The average Bonchev–Trinajstić information content (AvgIpc) is 3.49. The Labute approximate surface area is 208 Å². The number of carbonyl (C=O) groups is 1. The van der Waals surface area contributed by atoms with E-state index in [1.54, 1.807) is 17.3 Å². The molecule has 186 valence electrons. The number of aromatic amines is 1. The van der Waals surface area contributed by atoms with E-state index >= 15 is 0 Å². The third-order valence-corrected chi connectivity index (χ3v) is 6.67. The number of ether oxygens (including phenoxy) is 1. The van der Waals surface area contributed by atoms with Gasteiger partial charge >= 0.3 is 0 Å². The molecule has 3 aromatic rings. The molecule has 1 unspecified atom stereocenters. The van der Waals surface area contributed by atoms with Crippen molar-refractivity contribution >= 4 is 46.0 Å². The van der Waals surface area contributed by atoms with Gasteiger partial charge in [0.2, 0.25) is 11.9 Å². The van der Waals surface area contributed by atoms with Gasteiger partial charge in [-0.05, 0) is 18.9 Å². The summed E-state index contributed by atoms with van der Waals surface area (Å²) in [5.74, 6) is 0.999. The van der Waals surface area contributed by atoms with Crippen molar-refractivity contribution in [2.24, 2.45) is 0 Å². The predicted octanol–water partition coefficient (Wildman–Crippen LogP) is 2.47. The van der Waals surface area contributed by atoms with Crippen LogP contribution < -0.4 is 10.6 Å². The number of piperidine rings is 1. The third kappa shape index (κ3) is 5.58. The summed E-state index contributed by atoms with van der Waals surface area (Å²) in [6.45, 7) is 10.1. The molecule has 0 radical (unpaired) electrons. The Bertz CT molecular complexity index is 1190. The molecule has 12 heteroatoms. The van der Waals surface area contributed by atoms with Crippen LogP contribution in [0.15, 0.2) is 31.2 Å². The van der Waals surface area contributed by atoms with Crippen molar-refractivity contribution < 1.29 is 9.53 Å². The molecule has 0 saturated carbocycles. The number of halogens is 1. The molecule has 5 rings (SSSR count). The van der Waals surface area contributed by atoms with Crippen molar-refractivity contribution in [3.05, 3.63) is 36.3 Å². The minimum absolute atomic E-state index is 0.0486. The molecule has 1 amide bonds. The lowest BCUT2D eigenvalue weighted by Gasteiger charge is -2.33. The number of hydrogen-bond donors (Lipinski definition) is 3. The summed E-state index contributed by atoms with van der Waals surface area (Å²) in [5, 5.41) is 12.5. The summed E-state index contributed by atoms with van der Waals surface area (Å²) in [5.41, 5.74) is 1.43. The Morgan fingerprint density at radius 1 is 1.29 bits per heavy atom. The maximum absolute atomic E-state index is 12.1. The Morgan fingerprint density at radius 3 is 2.97 bits per heavy atom. The largest absolute Gasteiger partial charge is 0.379 e. The third-order valence-electron chi connectivity index (χ3n) is 6.37. The van der Waals surface area contributed by atoms with Crippen molar-refractivity contribution in [1.82, 2.24) is 34.5 Å². The Kier molecular flexibility index (Phi) is 7.16. The highest BCUT2D eigenvalue weighted by atomic mass is 35.5. The van der Waals surface area contributed by atoms with Gasteiger partial charge in [-0.3, -0.25) is 14.4 Å². The molecule has 2 fully saturated rings. The van der Waals surface area contributed by atoms with E-state index in [1.807, 2.05) is 10.9 Å². The zero-order chi connectivity index (χ0) is 24.2. The van der Waals surface area contributed by atoms with E-state index < -0.39 is 0 Å². The fourth-order valence-electron chi connectivity index (χ4n) is 4.52. The maximum atomic E-state index is 12.1. The molecule has 3 aromatic heterocycles. The summed E-state index contributed by atoms with van der Waals surface area (Å²) >= 11 is 6.44. The van der Waals surface area contributed by atoms with Gasteiger partial charge in [0.05, 0.1) is 42.1 Å². The standard InChI is InChI=1S/C23H30ClN9O2/c1-2-19(34)32-5-3-4-16(14-32)27-22-20-18(24)13-25-21(20)29-23(30-22)28-17-12-26-33(15-17)7-6-31-8-10-35-11-9-31/h2,12-13,15-16H,1,3-11,14H2,(H3,25,27,28,29,30). The van der Waals surface area contributed by atoms with E-state index in [9.17, 15) is 4.79 Å². The monoisotopic (exact) mass is 499 g/mol. The lowest BCUT2D eigenvalue weighted by Crippen LogP contribution is -2.44. The predicted molar refractivity (Wildman–Crippen MR) is 135 cm³/mol. The van der Waals surface area contributed by atoms with Crippen molar-refractivity contribution in [3.63, 3.8) is 0 Å². The first-order valence-electron chi connectivity index (χ1n) is 11.9. The fourth-order valence-corrected chi connectivity index (χ4v) is 4.75. The molecule has 5 heterocycles. The maximum Gasteiger partial charge on any atom is 0.246 e.